The molecule has 88 valence electrons. The summed E-state index contributed by atoms with van der Waals surface area (Å²) in [7, 11) is 0. The fourth-order valence-electron chi connectivity index (χ4n) is 1.75. The van der Waals surface area contributed by atoms with E-state index in [0.29, 0.717) is 12.2 Å². The molecule has 3 heteroatoms. The summed E-state index contributed by atoms with van der Waals surface area (Å²) in [6.45, 7) is 4.31. The van der Waals surface area contributed by atoms with Gasteiger partial charge in [-0.25, -0.2) is 4.79 Å². The summed E-state index contributed by atoms with van der Waals surface area (Å²) in [5, 5.41) is 0.846. The summed E-state index contributed by atoms with van der Waals surface area (Å²) in [6, 6.07) is 9.38. The van der Waals surface area contributed by atoms with Crippen LogP contribution in [0.3, 0.4) is 0 Å². The van der Waals surface area contributed by atoms with Crippen molar-refractivity contribution in [2.24, 2.45) is 0 Å². The number of ether oxygens (including phenoxy) is 1. The fourth-order valence-corrected chi connectivity index (χ4v) is 1.75. The highest BCUT2D eigenvalue weighted by Crippen LogP contribution is 2.19. The van der Waals surface area contributed by atoms with Gasteiger partial charge in [0.15, 0.2) is 0 Å². The molecule has 0 atom stereocenters. The van der Waals surface area contributed by atoms with Gasteiger partial charge in [0.2, 0.25) is 0 Å². The molecule has 0 N–H and O–H groups in total. The minimum atomic E-state index is -0.270. The second-order valence-corrected chi connectivity index (χ2v) is 3.96. The largest absolute Gasteiger partial charge is 0.462 e. The Labute approximate surface area is 100 Å². The zero-order valence-electron chi connectivity index (χ0n) is 10.1. The molecule has 0 radical (unpaired) electrons. The third kappa shape index (κ3) is 2.44. The normalized spacial score (nSPS) is 10.5. The van der Waals surface area contributed by atoms with Crippen molar-refractivity contribution < 1.29 is 9.53 Å². The van der Waals surface area contributed by atoms with E-state index >= 15 is 0 Å². The lowest BCUT2D eigenvalue weighted by Crippen LogP contribution is -2.07. The van der Waals surface area contributed by atoms with E-state index in [1.54, 1.807) is 6.07 Å². The number of benzene rings is 1. The van der Waals surface area contributed by atoms with Crippen molar-refractivity contribution in [1.29, 1.82) is 0 Å². The molecule has 1 aromatic carbocycles. The van der Waals surface area contributed by atoms with E-state index in [-0.39, 0.29) is 5.97 Å². The molecule has 0 unspecified atom stereocenters. The van der Waals surface area contributed by atoms with Crippen LogP contribution in [0.25, 0.3) is 10.9 Å². The molecule has 0 saturated heterocycles. The smallest absolute Gasteiger partial charge is 0.338 e. The van der Waals surface area contributed by atoms with Crippen molar-refractivity contribution in [2.45, 2.75) is 20.3 Å². The third-order valence-corrected chi connectivity index (χ3v) is 2.50. The van der Waals surface area contributed by atoms with Crippen LogP contribution >= 0.6 is 0 Å². The van der Waals surface area contributed by atoms with Crippen molar-refractivity contribution in [3.8, 4) is 0 Å². The Bertz CT molecular complexity index is 549. The maximum Gasteiger partial charge on any atom is 0.338 e. The van der Waals surface area contributed by atoms with E-state index in [4.69, 9.17) is 4.74 Å². The van der Waals surface area contributed by atoms with Crippen molar-refractivity contribution in [1.82, 2.24) is 4.98 Å². The summed E-state index contributed by atoms with van der Waals surface area (Å²) in [5.74, 6) is -0.270. The van der Waals surface area contributed by atoms with Gasteiger partial charge in [-0.2, -0.15) is 0 Å². The van der Waals surface area contributed by atoms with Gasteiger partial charge in [-0.1, -0.05) is 25.1 Å². The molecule has 2 rings (SSSR count). The molecule has 0 saturated carbocycles. The van der Waals surface area contributed by atoms with Crippen LogP contribution in [0.5, 0.6) is 0 Å². The second kappa shape index (κ2) is 4.95. The predicted octanol–water partition coefficient (Wildman–Crippen LogP) is 3.11. The van der Waals surface area contributed by atoms with Gasteiger partial charge >= 0.3 is 5.97 Å². The van der Waals surface area contributed by atoms with E-state index < -0.39 is 0 Å². The third-order valence-electron chi connectivity index (χ3n) is 2.50. The van der Waals surface area contributed by atoms with E-state index in [1.165, 1.54) is 0 Å². The van der Waals surface area contributed by atoms with E-state index in [1.807, 2.05) is 38.1 Å². The average Bonchev–Trinajstić information content (AvgIpc) is 2.34. The van der Waals surface area contributed by atoms with Crippen LogP contribution in [0.4, 0.5) is 0 Å². The van der Waals surface area contributed by atoms with Crippen LogP contribution < -0.4 is 0 Å². The minimum absolute atomic E-state index is 0.270. The van der Waals surface area contributed by atoms with Crippen molar-refractivity contribution in [3.63, 3.8) is 0 Å². The summed E-state index contributed by atoms with van der Waals surface area (Å²) in [6.07, 6.45) is 0.827. The lowest BCUT2D eigenvalue weighted by Gasteiger charge is -2.07. The van der Waals surface area contributed by atoms with Gasteiger partial charge in [-0.15, -0.1) is 0 Å². The summed E-state index contributed by atoms with van der Waals surface area (Å²) >= 11 is 0. The minimum Gasteiger partial charge on any atom is -0.462 e. The van der Waals surface area contributed by atoms with E-state index in [2.05, 4.69) is 4.98 Å². The molecule has 1 heterocycles. The molecule has 2 aromatic rings. The maximum atomic E-state index is 11.9. The summed E-state index contributed by atoms with van der Waals surface area (Å²) in [4.78, 5) is 16.3. The first-order valence-electron chi connectivity index (χ1n) is 5.76. The molecule has 0 amide bonds. The first kappa shape index (κ1) is 11.6. The van der Waals surface area contributed by atoms with E-state index in [9.17, 15) is 4.79 Å². The van der Waals surface area contributed by atoms with Crippen LogP contribution in [0.2, 0.25) is 0 Å². The number of aromatic nitrogens is 1. The molecule has 0 spiro atoms. The van der Waals surface area contributed by atoms with Crippen LogP contribution in [0, 0.1) is 6.92 Å². The maximum absolute atomic E-state index is 11.9. The number of hydrogen-bond donors (Lipinski definition) is 0. The highest BCUT2D eigenvalue weighted by molar-refractivity contribution is 6.03. The molecular weight excluding hydrogens is 214 g/mol. The standard InChI is InChI=1S/C14H15NO2/c1-3-8-17-14(16)12-9-10(2)15-13-7-5-4-6-11(12)13/h4-7,9H,3,8H2,1-2H3. The molecule has 0 fully saturated rings. The molecule has 17 heavy (non-hydrogen) atoms. The lowest BCUT2D eigenvalue weighted by atomic mass is 10.1. The molecule has 0 aliphatic heterocycles. The Morgan fingerprint density at radius 1 is 1.35 bits per heavy atom. The van der Waals surface area contributed by atoms with Crippen LogP contribution in [0.1, 0.15) is 29.4 Å². The zero-order valence-corrected chi connectivity index (χ0v) is 10.1. The highest BCUT2D eigenvalue weighted by atomic mass is 16.5. The molecule has 3 nitrogen and oxygen atoms in total. The summed E-state index contributed by atoms with van der Waals surface area (Å²) < 4.78 is 5.17. The van der Waals surface area contributed by atoms with Gasteiger partial charge in [0.05, 0.1) is 17.7 Å². The average molecular weight is 229 g/mol. The van der Waals surface area contributed by atoms with Crippen molar-refractivity contribution in [2.75, 3.05) is 6.61 Å². The van der Waals surface area contributed by atoms with Gasteiger partial charge in [-0.3, -0.25) is 4.98 Å². The first-order valence-corrected chi connectivity index (χ1v) is 5.76. The molecule has 1 aromatic heterocycles. The van der Waals surface area contributed by atoms with Gasteiger partial charge < -0.3 is 4.74 Å². The number of carbonyl (C=O) groups is 1. The number of hydrogen-bond acceptors (Lipinski definition) is 3. The number of rotatable bonds is 3. The van der Waals surface area contributed by atoms with Gasteiger partial charge in [-0.05, 0) is 25.5 Å². The Hall–Kier alpha value is -1.90. The number of esters is 1. The fraction of sp³-hybridized carbons (Fsp3) is 0.286. The second-order valence-electron chi connectivity index (χ2n) is 3.96. The van der Waals surface area contributed by atoms with Crippen LogP contribution in [-0.2, 0) is 4.74 Å². The monoisotopic (exact) mass is 229 g/mol. The number of carbonyl (C=O) groups excluding carboxylic acids is 1. The zero-order chi connectivity index (χ0) is 12.3. The number of para-hydroxylation sites is 1. The molecule has 0 bridgehead atoms. The number of pyridine rings is 1. The van der Waals surface area contributed by atoms with Crippen LogP contribution in [0.15, 0.2) is 30.3 Å². The Morgan fingerprint density at radius 2 is 2.12 bits per heavy atom. The highest BCUT2D eigenvalue weighted by Gasteiger charge is 2.12. The lowest BCUT2D eigenvalue weighted by molar-refractivity contribution is 0.0507. The molecule has 0 aliphatic rings. The predicted molar refractivity (Wildman–Crippen MR) is 67.1 cm³/mol. The quantitative estimate of drug-likeness (QED) is 0.759. The van der Waals surface area contributed by atoms with E-state index in [0.717, 1.165) is 23.0 Å². The van der Waals surface area contributed by atoms with Crippen molar-refractivity contribution in [3.05, 3.63) is 41.6 Å². The van der Waals surface area contributed by atoms with Gasteiger partial charge in [0, 0.05) is 11.1 Å². The number of aryl methyl sites for hydroxylation is 1. The number of nitrogens with zero attached hydrogens (tertiary/aromatic N) is 1. The Balaban J connectivity index is 2.48. The van der Waals surface area contributed by atoms with Crippen LogP contribution in [-0.4, -0.2) is 17.6 Å². The molecule has 0 aliphatic carbocycles. The molecular formula is C14H15NO2. The summed E-state index contributed by atoms with van der Waals surface area (Å²) in [5.41, 5.74) is 2.25. The van der Waals surface area contributed by atoms with Crippen molar-refractivity contribution >= 4 is 16.9 Å². The Morgan fingerprint density at radius 3 is 2.88 bits per heavy atom. The number of fused-ring (bicyclic) bond motifs is 1. The first-order chi connectivity index (χ1) is 8.22. The Kier molecular flexibility index (Phi) is 3.38. The SMILES string of the molecule is CCCOC(=O)c1cc(C)nc2ccccc12. The van der Waals surface area contributed by atoms with Gasteiger partial charge in [0.25, 0.3) is 0 Å². The topological polar surface area (TPSA) is 39.2 Å². The van der Waals surface area contributed by atoms with Gasteiger partial charge in [0.1, 0.15) is 0 Å².